The van der Waals surface area contributed by atoms with Crippen LogP contribution in [0.2, 0.25) is 0 Å². The molecular weight excluding hydrogens is 380 g/mol. The number of aliphatic hydroxyl groups is 3. The Morgan fingerprint density at radius 2 is 1.40 bits per heavy atom. The van der Waals surface area contributed by atoms with Gasteiger partial charge in [-0.2, -0.15) is 0 Å². The minimum atomic E-state index is -1.00. The van der Waals surface area contributed by atoms with E-state index in [1.165, 1.54) is 83.5 Å². The highest BCUT2D eigenvalue weighted by Gasteiger charge is 2.40. The lowest BCUT2D eigenvalue weighted by Gasteiger charge is -2.23. The predicted molar refractivity (Wildman–Crippen MR) is 123 cm³/mol. The number of hydrogen-bond donors (Lipinski definition) is 3. The molecule has 0 amide bonds. The van der Waals surface area contributed by atoms with E-state index in [9.17, 15) is 10.2 Å². The Morgan fingerprint density at radius 1 is 0.867 bits per heavy atom. The van der Waals surface area contributed by atoms with Crippen molar-refractivity contribution in [2.75, 3.05) is 19.8 Å². The molecule has 0 aromatic heterocycles. The maximum absolute atomic E-state index is 9.90. The highest BCUT2D eigenvalue weighted by Crippen LogP contribution is 2.21. The molecule has 1 saturated heterocycles. The second-order valence-corrected chi connectivity index (χ2v) is 8.74. The topological polar surface area (TPSA) is 79.2 Å². The highest BCUT2D eigenvalue weighted by molar-refractivity contribution is 4.89. The van der Waals surface area contributed by atoms with Gasteiger partial charge in [-0.25, -0.2) is 0 Å². The van der Waals surface area contributed by atoms with E-state index in [0.29, 0.717) is 6.61 Å². The molecule has 30 heavy (non-hydrogen) atoms. The molecular formula is C25H48O5. The highest BCUT2D eigenvalue weighted by atomic mass is 16.6. The van der Waals surface area contributed by atoms with Crippen LogP contribution in [-0.4, -0.2) is 59.6 Å². The Kier molecular flexibility index (Phi) is 17.7. The Bertz CT molecular complexity index is 401. The van der Waals surface area contributed by atoms with E-state index in [0.717, 1.165) is 12.8 Å². The van der Waals surface area contributed by atoms with Gasteiger partial charge in [0.15, 0.2) is 0 Å². The van der Waals surface area contributed by atoms with Crippen LogP contribution in [0.5, 0.6) is 0 Å². The van der Waals surface area contributed by atoms with E-state index >= 15 is 0 Å². The fraction of sp³-hybridized carbons (Fsp3) is 0.920. The Balaban J connectivity index is 1.83. The Hall–Kier alpha value is -0.460. The molecule has 5 nitrogen and oxygen atoms in total. The molecule has 1 aliphatic rings. The zero-order valence-electron chi connectivity index (χ0n) is 19.4. The zero-order chi connectivity index (χ0) is 21.9. The van der Waals surface area contributed by atoms with E-state index in [1.807, 2.05) is 0 Å². The van der Waals surface area contributed by atoms with Gasteiger partial charge in [-0.05, 0) is 32.1 Å². The van der Waals surface area contributed by atoms with E-state index in [1.54, 1.807) is 0 Å². The van der Waals surface area contributed by atoms with Crippen LogP contribution in [0.15, 0.2) is 12.2 Å². The number of unbranched alkanes of at least 4 members (excludes halogenated alkanes) is 13. The fourth-order valence-corrected chi connectivity index (χ4v) is 4.00. The van der Waals surface area contributed by atoms with Gasteiger partial charge in [0.1, 0.15) is 24.4 Å². The lowest BCUT2D eigenvalue weighted by atomic mass is 10.1. The maximum atomic E-state index is 9.90. The molecule has 0 aliphatic carbocycles. The summed E-state index contributed by atoms with van der Waals surface area (Å²) in [4.78, 5) is 0. The van der Waals surface area contributed by atoms with Crippen molar-refractivity contribution >= 4 is 0 Å². The number of hydrogen-bond acceptors (Lipinski definition) is 5. The zero-order valence-corrected chi connectivity index (χ0v) is 19.4. The van der Waals surface area contributed by atoms with Crippen molar-refractivity contribution in [1.29, 1.82) is 0 Å². The first kappa shape index (κ1) is 27.6. The van der Waals surface area contributed by atoms with Crippen molar-refractivity contribution in [2.24, 2.45) is 0 Å². The summed E-state index contributed by atoms with van der Waals surface area (Å²) in [6, 6.07) is 0. The van der Waals surface area contributed by atoms with Crippen LogP contribution in [0.1, 0.15) is 103 Å². The van der Waals surface area contributed by atoms with E-state index in [-0.39, 0.29) is 13.2 Å². The first-order chi connectivity index (χ1) is 14.7. The Labute approximate surface area is 184 Å². The van der Waals surface area contributed by atoms with Crippen LogP contribution in [0.25, 0.3) is 0 Å². The van der Waals surface area contributed by atoms with Crippen LogP contribution in [-0.2, 0) is 9.47 Å². The molecule has 4 atom stereocenters. The summed E-state index contributed by atoms with van der Waals surface area (Å²) in [6.45, 7) is 2.59. The lowest BCUT2D eigenvalue weighted by Crippen LogP contribution is -2.42. The first-order valence-electron chi connectivity index (χ1n) is 12.6. The van der Waals surface area contributed by atoms with Gasteiger partial charge < -0.3 is 24.8 Å². The van der Waals surface area contributed by atoms with Crippen LogP contribution in [0.4, 0.5) is 0 Å². The van der Waals surface area contributed by atoms with Crippen LogP contribution < -0.4 is 0 Å². The maximum Gasteiger partial charge on any atom is 0.114 e. The summed E-state index contributed by atoms with van der Waals surface area (Å²) in [6.07, 6.45) is 21.0. The smallest absolute Gasteiger partial charge is 0.114 e. The van der Waals surface area contributed by atoms with Gasteiger partial charge in [-0.15, -0.1) is 0 Å². The quantitative estimate of drug-likeness (QED) is 0.190. The summed E-state index contributed by atoms with van der Waals surface area (Å²) in [5, 5.41) is 28.7. The number of rotatable bonds is 20. The summed E-state index contributed by atoms with van der Waals surface area (Å²) in [7, 11) is 0. The van der Waals surface area contributed by atoms with Crippen molar-refractivity contribution in [2.45, 2.75) is 128 Å². The molecule has 3 N–H and O–H groups in total. The van der Waals surface area contributed by atoms with Crippen LogP contribution >= 0.6 is 0 Å². The molecule has 0 saturated carbocycles. The van der Waals surface area contributed by atoms with Gasteiger partial charge >= 0.3 is 0 Å². The molecule has 0 spiro atoms. The number of aliphatic hydroxyl groups excluding tert-OH is 3. The van der Waals surface area contributed by atoms with Crippen molar-refractivity contribution < 1.29 is 24.8 Å². The van der Waals surface area contributed by atoms with Gasteiger partial charge in [0.2, 0.25) is 0 Å². The van der Waals surface area contributed by atoms with Crippen molar-refractivity contribution in [3.8, 4) is 0 Å². The molecule has 0 radical (unpaired) electrons. The lowest BCUT2D eigenvalue weighted by molar-refractivity contribution is -0.0938. The molecule has 1 fully saturated rings. The van der Waals surface area contributed by atoms with Gasteiger partial charge in [0.05, 0.1) is 13.2 Å². The summed E-state index contributed by atoms with van der Waals surface area (Å²) < 4.78 is 11.1. The van der Waals surface area contributed by atoms with Gasteiger partial charge in [-0.3, -0.25) is 0 Å². The van der Waals surface area contributed by atoms with E-state index in [2.05, 4.69) is 19.1 Å². The molecule has 0 bridgehead atoms. The minimum Gasteiger partial charge on any atom is -0.394 e. The van der Waals surface area contributed by atoms with Crippen molar-refractivity contribution in [3.05, 3.63) is 12.2 Å². The molecule has 1 rings (SSSR count). The van der Waals surface area contributed by atoms with E-state index < -0.39 is 24.4 Å². The van der Waals surface area contributed by atoms with Gasteiger partial charge in [0.25, 0.3) is 0 Å². The second kappa shape index (κ2) is 19.2. The normalized spacial score (nSPS) is 22.9. The summed E-state index contributed by atoms with van der Waals surface area (Å²) in [5.41, 5.74) is 0. The molecule has 0 aromatic carbocycles. The second-order valence-electron chi connectivity index (χ2n) is 8.74. The standard InChI is InChI=1S/C25H48O5/c1-2-3-4-5-6-7-8-9-10-11-12-13-14-15-16-17-18-19-29-25-23(28)21-30-24(25)22(27)20-26/h6-7,22-28H,2-5,8-21H2,1H3/b7-6+/t22-,23+,24+,25+/m1/s1. The van der Waals surface area contributed by atoms with E-state index in [4.69, 9.17) is 14.6 Å². The average molecular weight is 429 g/mol. The predicted octanol–water partition coefficient (Wildman–Crippen LogP) is 4.91. The molecule has 1 aliphatic heterocycles. The third-order valence-electron chi connectivity index (χ3n) is 5.95. The number of allylic oxidation sites excluding steroid dienone is 2. The third kappa shape index (κ3) is 13.1. The largest absolute Gasteiger partial charge is 0.394 e. The van der Waals surface area contributed by atoms with Crippen molar-refractivity contribution in [1.82, 2.24) is 0 Å². The SMILES string of the molecule is CCCCC/C=C/CCCCCCCCCCCCO[C@@H]1[C@H]([C@H](O)CO)OC[C@@H]1O. The first-order valence-corrected chi connectivity index (χ1v) is 12.6. The van der Waals surface area contributed by atoms with Crippen molar-refractivity contribution in [3.63, 3.8) is 0 Å². The summed E-state index contributed by atoms with van der Waals surface area (Å²) >= 11 is 0. The molecule has 0 aromatic rings. The summed E-state index contributed by atoms with van der Waals surface area (Å²) in [5.74, 6) is 0. The third-order valence-corrected chi connectivity index (χ3v) is 5.95. The molecule has 5 heteroatoms. The fourth-order valence-electron chi connectivity index (χ4n) is 4.00. The monoisotopic (exact) mass is 428 g/mol. The molecule has 178 valence electrons. The molecule has 1 heterocycles. The van der Waals surface area contributed by atoms with Gasteiger partial charge in [-0.1, -0.05) is 83.3 Å². The van der Waals surface area contributed by atoms with Gasteiger partial charge in [0, 0.05) is 6.61 Å². The average Bonchev–Trinajstić information content (AvgIpc) is 3.12. The molecule has 0 unspecified atom stereocenters. The number of ether oxygens (including phenoxy) is 2. The minimum absolute atomic E-state index is 0.155. The van der Waals surface area contributed by atoms with Crippen LogP contribution in [0.3, 0.4) is 0 Å². The van der Waals surface area contributed by atoms with Crippen LogP contribution in [0, 0.1) is 0 Å². The Morgan fingerprint density at radius 3 is 1.97 bits per heavy atom.